The lowest BCUT2D eigenvalue weighted by molar-refractivity contribution is 0.884. The van der Waals surface area contributed by atoms with Crippen molar-refractivity contribution in [3.05, 3.63) is 36.3 Å². The van der Waals surface area contributed by atoms with Crippen LogP contribution in [0.15, 0.2) is 35.7 Å². The van der Waals surface area contributed by atoms with Crippen LogP contribution in [0.4, 0.5) is 0 Å². The standard InChI is InChI=1S/C8H8N4S/c1-7-3-2-4-9-8(7)13-12-6-5-10-11-12/h2-6H,1H3. The maximum Gasteiger partial charge on any atom is 0.122 e. The van der Waals surface area contributed by atoms with Crippen LogP contribution in [-0.2, 0) is 0 Å². The minimum atomic E-state index is 0.952. The zero-order valence-electron chi connectivity index (χ0n) is 7.08. The van der Waals surface area contributed by atoms with Crippen LogP contribution in [0, 0.1) is 6.92 Å². The number of hydrogen-bond acceptors (Lipinski definition) is 4. The average Bonchev–Trinajstić information content (AvgIpc) is 2.61. The third-order valence-corrected chi connectivity index (χ3v) is 2.52. The van der Waals surface area contributed by atoms with E-state index in [0.29, 0.717) is 0 Å². The van der Waals surface area contributed by atoms with Gasteiger partial charge >= 0.3 is 0 Å². The van der Waals surface area contributed by atoms with Gasteiger partial charge in [-0.1, -0.05) is 11.3 Å². The van der Waals surface area contributed by atoms with Crippen LogP contribution in [0.1, 0.15) is 5.56 Å². The summed E-state index contributed by atoms with van der Waals surface area (Å²) in [6.07, 6.45) is 5.20. The van der Waals surface area contributed by atoms with Gasteiger partial charge in [-0.05, 0) is 18.6 Å². The van der Waals surface area contributed by atoms with E-state index in [1.165, 1.54) is 11.9 Å². The fraction of sp³-hybridized carbons (Fsp3) is 0.125. The van der Waals surface area contributed by atoms with Gasteiger partial charge in [0, 0.05) is 18.1 Å². The van der Waals surface area contributed by atoms with E-state index in [9.17, 15) is 0 Å². The Morgan fingerprint density at radius 1 is 1.38 bits per heavy atom. The lowest BCUT2D eigenvalue weighted by atomic mass is 10.3. The highest BCUT2D eigenvalue weighted by Gasteiger charge is 2.00. The first-order valence-electron chi connectivity index (χ1n) is 3.82. The van der Waals surface area contributed by atoms with Crippen LogP contribution in [0.3, 0.4) is 0 Å². The molecule has 0 atom stereocenters. The number of pyridine rings is 1. The second kappa shape index (κ2) is 3.57. The maximum atomic E-state index is 4.23. The zero-order chi connectivity index (χ0) is 9.10. The van der Waals surface area contributed by atoms with E-state index in [1.54, 1.807) is 22.7 Å². The van der Waals surface area contributed by atoms with Crippen molar-refractivity contribution >= 4 is 11.9 Å². The van der Waals surface area contributed by atoms with Crippen molar-refractivity contribution in [2.24, 2.45) is 0 Å². The molecule has 0 radical (unpaired) electrons. The SMILES string of the molecule is Cc1cccnc1Sn1ccnn1. The molecule has 0 aliphatic rings. The molecule has 2 aromatic heterocycles. The van der Waals surface area contributed by atoms with Gasteiger partial charge in [-0.15, -0.1) is 5.10 Å². The fourth-order valence-corrected chi connectivity index (χ4v) is 1.59. The zero-order valence-corrected chi connectivity index (χ0v) is 7.90. The molecule has 0 unspecified atom stereocenters. The summed E-state index contributed by atoms with van der Waals surface area (Å²) in [6, 6.07) is 3.94. The molecule has 0 bridgehead atoms. The summed E-state index contributed by atoms with van der Waals surface area (Å²) >= 11 is 1.45. The molecule has 5 heteroatoms. The fourth-order valence-electron chi connectivity index (χ4n) is 0.901. The van der Waals surface area contributed by atoms with Gasteiger partial charge < -0.3 is 0 Å². The molecule has 0 N–H and O–H groups in total. The normalized spacial score (nSPS) is 10.2. The second-order valence-corrected chi connectivity index (χ2v) is 3.47. The summed E-state index contributed by atoms with van der Waals surface area (Å²) in [5.74, 6) is 0. The van der Waals surface area contributed by atoms with Crippen molar-refractivity contribution in [3.8, 4) is 0 Å². The summed E-state index contributed by atoms with van der Waals surface area (Å²) in [7, 11) is 0. The molecule has 2 heterocycles. The van der Waals surface area contributed by atoms with Gasteiger partial charge in [0.2, 0.25) is 0 Å². The highest BCUT2D eigenvalue weighted by Crippen LogP contribution is 2.18. The third-order valence-electron chi connectivity index (χ3n) is 1.54. The summed E-state index contributed by atoms with van der Waals surface area (Å²) < 4.78 is 1.68. The quantitative estimate of drug-likeness (QED) is 0.724. The van der Waals surface area contributed by atoms with Gasteiger partial charge in [0.05, 0.1) is 12.4 Å². The molecule has 0 aliphatic heterocycles. The Kier molecular flexibility index (Phi) is 2.27. The van der Waals surface area contributed by atoms with E-state index in [0.717, 1.165) is 10.6 Å². The first kappa shape index (κ1) is 8.25. The van der Waals surface area contributed by atoms with Crippen molar-refractivity contribution in [1.29, 1.82) is 0 Å². The lowest BCUT2D eigenvalue weighted by Crippen LogP contribution is -1.91. The molecule has 2 rings (SSSR count). The van der Waals surface area contributed by atoms with Crippen molar-refractivity contribution in [2.75, 3.05) is 0 Å². The van der Waals surface area contributed by atoms with Gasteiger partial charge in [0.15, 0.2) is 0 Å². The molecule has 66 valence electrons. The first-order valence-corrected chi connectivity index (χ1v) is 4.60. The van der Waals surface area contributed by atoms with E-state index < -0.39 is 0 Å². The molecule has 0 fully saturated rings. The maximum absolute atomic E-state index is 4.23. The van der Waals surface area contributed by atoms with Crippen LogP contribution in [-0.4, -0.2) is 19.4 Å². The van der Waals surface area contributed by atoms with E-state index in [4.69, 9.17) is 0 Å². The summed E-state index contributed by atoms with van der Waals surface area (Å²) in [5.41, 5.74) is 1.14. The van der Waals surface area contributed by atoms with E-state index in [2.05, 4.69) is 15.3 Å². The Hall–Kier alpha value is -1.36. The lowest BCUT2D eigenvalue weighted by Gasteiger charge is -2.01. The van der Waals surface area contributed by atoms with Crippen LogP contribution in [0.2, 0.25) is 0 Å². The van der Waals surface area contributed by atoms with Gasteiger partial charge in [0.1, 0.15) is 5.03 Å². The number of aryl methyl sites for hydroxylation is 1. The molecular formula is C8H8N4S. The Balaban J connectivity index is 2.24. The molecule has 0 spiro atoms. The van der Waals surface area contributed by atoms with E-state index in [1.807, 2.05) is 19.1 Å². The van der Waals surface area contributed by atoms with Crippen molar-refractivity contribution < 1.29 is 0 Å². The number of nitrogens with zero attached hydrogens (tertiary/aromatic N) is 4. The van der Waals surface area contributed by atoms with Crippen molar-refractivity contribution in [3.63, 3.8) is 0 Å². The van der Waals surface area contributed by atoms with Crippen LogP contribution in [0.5, 0.6) is 0 Å². The van der Waals surface area contributed by atoms with Gasteiger partial charge in [-0.2, -0.15) is 4.09 Å². The highest BCUT2D eigenvalue weighted by molar-refractivity contribution is 7.97. The molecule has 13 heavy (non-hydrogen) atoms. The van der Waals surface area contributed by atoms with Crippen molar-refractivity contribution in [2.45, 2.75) is 11.9 Å². The molecule has 2 aromatic rings. The molecule has 0 saturated heterocycles. The number of rotatable bonds is 2. The third kappa shape index (κ3) is 1.86. The predicted molar refractivity (Wildman–Crippen MR) is 50.3 cm³/mol. The molecule has 0 saturated carbocycles. The summed E-state index contributed by atoms with van der Waals surface area (Å²) in [4.78, 5) is 4.23. The largest absolute Gasteiger partial charge is 0.248 e. The van der Waals surface area contributed by atoms with E-state index in [-0.39, 0.29) is 0 Å². The molecule has 4 nitrogen and oxygen atoms in total. The van der Waals surface area contributed by atoms with Crippen molar-refractivity contribution in [1.82, 2.24) is 19.4 Å². The Morgan fingerprint density at radius 3 is 3.00 bits per heavy atom. The monoisotopic (exact) mass is 192 g/mol. The molecule has 0 aromatic carbocycles. The van der Waals surface area contributed by atoms with Crippen LogP contribution >= 0.6 is 11.9 Å². The smallest absolute Gasteiger partial charge is 0.122 e. The van der Waals surface area contributed by atoms with Crippen LogP contribution < -0.4 is 0 Å². The van der Waals surface area contributed by atoms with Crippen LogP contribution in [0.25, 0.3) is 0 Å². The topological polar surface area (TPSA) is 43.6 Å². The second-order valence-electron chi connectivity index (χ2n) is 2.52. The Labute approximate surface area is 80.1 Å². The summed E-state index contributed by atoms with van der Waals surface area (Å²) in [6.45, 7) is 2.02. The highest BCUT2D eigenvalue weighted by atomic mass is 32.2. The minimum Gasteiger partial charge on any atom is -0.248 e. The molecule has 0 amide bonds. The van der Waals surface area contributed by atoms with Gasteiger partial charge in [-0.25, -0.2) is 4.98 Å². The first-order chi connectivity index (χ1) is 6.36. The minimum absolute atomic E-state index is 0.952. The summed E-state index contributed by atoms with van der Waals surface area (Å²) in [5, 5.41) is 8.51. The molecule has 0 aliphatic carbocycles. The number of hydrogen-bond donors (Lipinski definition) is 0. The predicted octanol–water partition coefficient (Wildman–Crippen LogP) is 1.54. The Morgan fingerprint density at radius 2 is 2.31 bits per heavy atom. The Bertz CT molecular complexity index is 385. The van der Waals surface area contributed by atoms with E-state index >= 15 is 0 Å². The van der Waals surface area contributed by atoms with Gasteiger partial charge in [0.25, 0.3) is 0 Å². The number of aromatic nitrogens is 4. The average molecular weight is 192 g/mol. The molecular weight excluding hydrogens is 184 g/mol. The van der Waals surface area contributed by atoms with Gasteiger partial charge in [-0.3, -0.25) is 0 Å².